The van der Waals surface area contributed by atoms with E-state index in [1.165, 1.54) is 0 Å². The van der Waals surface area contributed by atoms with Crippen molar-refractivity contribution in [3.05, 3.63) is 33.8 Å². The summed E-state index contributed by atoms with van der Waals surface area (Å²) in [6, 6.07) is 0. The van der Waals surface area contributed by atoms with Crippen molar-refractivity contribution in [3.8, 4) is 0 Å². The van der Waals surface area contributed by atoms with Crippen LogP contribution in [-0.4, -0.2) is 40.9 Å². The Morgan fingerprint density at radius 3 is 3.00 bits per heavy atom. The molecule has 0 amide bonds. The van der Waals surface area contributed by atoms with Gasteiger partial charge in [-0.25, -0.2) is 0 Å². The van der Waals surface area contributed by atoms with E-state index in [2.05, 4.69) is 9.80 Å². The fourth-order valence-corrected chi connectivity index (χ4v) is 1.97. The average molecular weight is 195 g/mol. The number of allylic oxidation sites excluding steroid dienone is 1. The first-order valence-electron chi connectivity index (χ1n) is 4.79. The lowest BCUT2D eigenvalue weighted by molar-refractivity contribution is -0.422. The SMILES string of the molecule is CCN1CCN2CC=CC([N+](=O)[O-])=C12. The van der Waals surface area contributed by atoms with Crippen LogP contribution in [0.15, 0.2) is 23.7 Å². The number of fused-ring (bicyclic) bond motifs is 1. The summed E-state index contributed by atoms with van der Waals surface area (Å²) >= 11 is 0. The molecule has 14 heavy (non-hydrogen) atoms. The van der Waals surface area contributed by atoms with Gasteiger partial charge < -0.3 is 9.80 Å². The van der Waals surface area contributed by atoms with Crippen molar-refractivity contribution in [2.45, 2.75) is 6.92 Å². The summed E-state index contributed by atoms with van der Waals surface area (Å²) < 4.78 is 0. The lowest BCUT2D eigenvalue weighted by Crippen LogP contribution is -2.28. The van der Waals surface area contributed by atoms with E-state index in [9.17, 15) is 10.1 Å². The topological polar surface area (TPSA) is 49.6 Å². The molecule has 5 nitrogen and oxygen atoms in total. The number of nitro groups is 1. The fourth-order valence-electron chi connectivity index (χ4n) is 1.97. The quantitative estimate of drug-likeness (QED) is 0.479. The Morgan fingerprint density at radius 2 is 2.36 bits per heavy atom. The highest BCUT2D eigenvalue weighted by Gasteiger charge is 2.32. The molecule has 0 bridgehead atoms. The molecule has 0 N–H and O–H groups in total. The van der Waals surface area contributed by atoms with Gasteiger partial charge in [-0.1, -0.05) is 6.08 Å². The molecule has 0 unspecified atom stereocenters. The number of rotatable bonds is 2. The summed E-state index contributed by atoms with van der Waals surface area (Å²) in [5.74, 6) is 0.792. The van der Waals surface area contributed by atoms with E-state index < -0.39 is 0 Å². The zero-order valence-corrected chi connectivity index (χ0v) is 8.14. The molecule has 1 saturated heterocycles. The van der Waals surface area contributed by atoms with Gasteiger partial charge in [0.25, 0.3) is 0 Å². The minimum absolute atomic E-state index is 0.232. The van der Waals surface area contributed by atoms with Crippen molar-refractivity contribution >= 4 is 0 Å². The van der Waals surface area contributed by atoms with Gasteiger partial charge >= 0.3 is 5.70 Å². The third kappa shape index (κ3) is 1.25. The van der Waals surface area contributed by atoms with Gasteiger partial charge in [-0.2, -0.15) is 0 Å². The summed E-state index contributed by atoms with van der Waals surface area (Å²) in [6.45, 7) is 5.43. The largest absolute Gasteiger partial charge is 0.351 e. The Labute approximate surface area is 82.4 Å². The van der Waals surface area contributed by atoms with E-state index in [1.54, 1.807) is 6.08 Å². The minimum atomic E-state index is -0.300. The molecule has 2 rings (SSSR count). The molecule has 0 aromatic heterocycles. The maximum atomic E-state index is 10.8. The second kappa shape index (κ2) is 3.32. The molecule has 76 valence electrons. The molecule has 2 aliphatic heterocycles. The highest BCUT2D eigenvalue weighted by Crippen LogP contribution is 2.25. The standard InChI is InChI=1S/C9H13N3O2/c1-2-10-6-7-11-5-3-4-8(9(10)11)12(13)14/h3-4H,2,5-7H2,1H3. The summed E-state index contributed by atoms with van der Waals surface area (Å²) in [7, 11) is 0. The molecule has 0 radical (unpaired) electrons. The lowest BCUT2D eigenvalue weighted by atomic mass is 10.3. The van der Waals surface area contributed by atoms with E-state index in [0.717, 1.165) is 32.0 Å². The lowest BCUT2D eigenvalue weighted by Gasteiger charge is -2.24. The second-order valence-corrected chi connectivity index (χ2v) is 3.39. The molecule has 0 atom stereocenters. The Kier molecular flexibility index (Phi) is 2.15. The van der Waals surface area contributed by atoms with Crippen LogP contribution in [0.4, 0.5) is 0 Å². The third-order valence-corrected chi connectivity index (χ3v) is 2.65. The van der Waals surface area contributed by atoms with Gasteiger partial charge in [0.1, 0.15) is 0 Å². The van der Waals surface area contributed by atoms with Crippen molar-refractivity contribution in [3.63, 3.8) is 0 Å². The van der Waals surface area contributed by atoms with Crippen molar-refractivity contribution in [1.82, 2.24) is 9.80 Å². The fraction of sp³-hybridized carbons (Fsp3) is 0.556. The molecular weight excluding hydrogens is 182 g/mol. The Morgan fingerprint density at radius 1 is 1.57 bits per heavy atom. The molecule has 0 saturated carbocycles. The molecule has 1 fully saturated rings. The van der Waals surface area contributed by atoms with Gasteiger partial charge in [0.2, 0.25) is 0 Å². The predicted molar refractivity (Wildman–Crippen MR) is 52.0 cm³/mol. The van der Waals surface area contributed by atoms with E-state index in [0.29, 0.717) is 0 Å². The van der Waals surface area contributed by atoms with Gasteiger partial charge in [0.05, 0.1) is 4.92 Å². The van der Waals surface area contributed by atoms with Crippen LogP contribution in [-0.2, 0) is 0 Å². The first-order chi connectivity index (χ1) is 6.74. The van der Waals surface area contributed by atoms with E-state index in [-0.39, 0.29) is 10.6 Å². The number of hydrogen-bond acceptors (Lipinski definition) is 4. The van der Waals surface area contributed by atoms with Crippen LogP contribution in [0.3, 0.4) is 0 Å². The highest BCUT2D eigenvalue weighted by molar-refractivity contribution is 5.25. The summed E-state index contributed by atoms with van der Waals surface area (Å²) in [5, 5.41) is 10.8. The van der Waals surface area contributed by atoms with Gasteiger partial charge in [-0.15, -0.1) is 0 Å². The van der Waals surface area contributed by atoms with Gasteiger partial charge in [-0.05, 0) is 6.92 Å². The van der Waals surface area contributed by atoms with Crippen LogP contribution in [0.25, 0.3) is 0 Å². The third-order valence-electron chi connectivity index (χ3n) is 2.65. The van der Waals surface area contributed by atoms with Crippen LogP contribution in [0.1, 0.15) is 6.92 Å². The minimum Gasteiger partial charge on any atom is -0.351 e. The Bertz CT molecular complexity index is 322. The van der Waals surface area contributed by atoms with Crippen molar-refractivity contribution in [2.75, 3.05) is 26.2 Å². The van der Waals surface area contributed by atoms with Gasteiger partial charge in [0.15, 0.2) is 5.82 Å². The summed E-state index contributed by atoms with van der Waals surface area (Å²) in [6.07, 6.45) is 3.46. The Hall–Kier alpha value is -1.52. The molecule has 0 aromatic rings. The van der Waals surface area contributed by atoms with Crippen LogP contribution >= 0.6 is 0 Å². The van der Waals surface area contributed by atoms with Gasteiger partial charge in [-0.3, -0.25) is 10.1 Å². The second-order valence-electron chi connectivity index (χ2n) is 3.39. The summed E-state index contributed by atoms with van der Waals surface area (Å²) in [4.78, 5) is 14.6. The maximum Gasteiger partial charge on any atom is 0.309 e. The van der Waals surface area contributed by atoms with Crippen LogP contribution < -0.4 is 0 Å². The first kappa shape index (κ1) is 9.05. The van der Waals surface area contributed by atoms with Crippen LogP contribution in [0.5, 0.6) is 0 Å². The van der Waals surface area contributed by atoms with Crippen LogP contribution in [0, 0.1) is 10.1 Å². The maximum absolute atomic E-state index is 10.8. The van der Waals surface area contributed by atoms with Crippen molar-refractivity contribution in [1.29, 1.82) is 0 Å². The van der Waals surface area contributed by atoms with E-state index in [1.807, 2.05) is 13.0 Å². The number of hydrogen-bond donors (Lipinski definition) is 0. The smallest absolute Gasteiger partial charge is 0.309 e. The molecule has 2 heterocycles. The zero-order valence-electron chi connectivity index (χ0n) is 8.14. The van der Waals surface area contributed by atoms with E-state index >= 15 is 0 Å². The molecular formula is C9H13N3O2. The molecule has 0 spiro atoms. The molecule has 0 aromatic carbocycles. The van der Waals surface area contributed by atoms with Gasteiger partial charge in [0, 0.05) is 32.3 Å². The molecule has 2 aliphatic rings. The summed E-state index contributed by atoms with van der Waals surface area (Å²) in [5.41, 5.74) is 0.232. The molecule has 0 aliphatic carbocycles. The zero-order chi connectivity index (χ0) is 10.1. The van der Waals surface area contributed by atoms with Crippen molar-refractivity contribution in [2.24, 2.45) is 0 Å². The first-order valence-corrected chi connectivity index (χ1v) is 4.79. The van der Waals surface area contributed by atoms with Crippen molar-refractivity contribution < 1.29 is 4.92 Å². The molecule has 5 heteroatoms. The monoisotopic (exact) mass is 195 g/mol. The van der Waals surface area contributed by atoms with E-state index in [4.69, 9.17) is 0 Å². The van der Waals surface area contributed by atoms with Crippen LogP contribution in [0.2, 0.25) is 0 Å². The average Bonchev–Trinajstić information content (AvgIpc) is 2.59. The highest BCUT2D eigenvalue weighted by atomic mass is 16.6. The normalized spacial score (nSPS) is 20.4. The number of nitrogens with zero attached hydrogens (tertiary/aromatic N) is 3. The Balaban J connectivity index is 2.40. The predicted octanol–water partition coefficient (Wildman–Crippen LogP) is 0.640. The number of likely N-dealkylation sites (N-methyl/N-ethyl adjacent to an activating group) is 1.